The normalized spacial score (nSPS) is 14.3. The van der Waals surface area contributed by atoms with E-state index in [0.717, 1.165) is 29.9 Å². The highest BCUT2D eigenvalue weighted by Gasteiger charge is 2.23. The number of hydrogen-bond acceptors (Lipinski definition) is 7. The molecule has 1 aliphatic rings. The summed E-state index contributed by atoms with van der Waals surface area (Å²) in [6, 6.07) is 12.2. The molecule has 3 aromatic rings. The average Bonchev–Trinajstić information content (AvgIpc) is 3.35. The molecule has 2 heterocycles. The zero-order chi connectivity index (χ0) is 21.3. The number of benzene rings is 2. The Morgan fingerprint density at radius 2 is 1.90 bits per heavy atom. The summed E-state index contributed by atoms with van der Waals surface area (Å²) in [5.41, 5.74) is 3.47. The molecule has 9 nitrogen and oxygen atoms in total. The zero-order valence-corrected chi connectivity index (χ0v) is 17.6. The van der Waals surface area contributed by atoms with Gasteiger partial charge in [0.1, 0.15) is 0 Å². The van der Waals surface area contributed by atoms with Crippen LogP contribution in [0.4, 0.5) is 11.4 Å². The number of hydrogen-bond donors (Lipinski definition) is 1. The minimum atomic E-state index is -3.27. The van der Waals surface area contributed by atoms with Crippen LogP contribution in [-0.4, -0.2) is 47.3 Å². The molecule has 156 valence electrons. The number of carbonyl (C=O) groups excluding carboxylic acids is 1. The van der Waals surface area contributed by atoms with Gasteiger partial charge in [-0.15, -0.1) is 5.10 Å². The molecule has 0 radical (unpaired) electrons. The lowest BCUT2D eigenvalue weighted by molar-refractivity contribution is -0.117. The Balaban J connectivity index is 1.54. The van der Waals surface area contributed by atoms with Crippen LogP contribution in [0.25, 0.3) is 5.69 Å². The molecule has 1 N–H and O–H groups in total. The van der Waals surface area contributed by atoms with Gasteiger partial charge in [0.25, 0.3) is 0 Å². The highest BCUT2D eigenvalue weighted by molar-refractivity contribution is 7.90. The second-order valence-corrected chi connectivity index (χ2v) is 9.24. The van der Waals surface area contributed by atoms with Crippen LogP contribution < -0.4 is 10.2 Å². The third kappa shape index (κ3) is 3.90. The van der Waals surface area contributed by atoms with Crippen LogP contribution >= 0.6 is 0 Å². The molecule has 1 aliphatic heterocycles. The topological polar surface area (TPSA) is 110 Å². The van der Waals surface area contributed by atoms with Crippen molar-refractivity contribution in [3.63, 3.8) is 0 Å². The van der Waals surface area contributed by atoms with E-state index >= 15 is 0 Å². The van der Waals surface area contributed by atoms with Gasteiger partial charge in [0.15, 0.2) is 15.7 Å². The number of nitrogens with zero attached hydrogens (tertiary/aromatic N) is 5. The van der Waals surface area contributed by atoms with Gasteiger partial charge in [0.05, 0.1) is 17.1 Å². The maximum absolute atomic E-state index is 12.1. The smallest absolute Gasteiger partial charge is 0.227 e. The van der Waals surface area contributed by atoms with E-state index in [1.54, 1.807) is 16.8 Å². The maximum Gasteiger partial charge on any atom is 0.227 e. The summed E-state index contributed by atoms with van der Waals surface area (Å²) in [4.78, 5) is 14.2. The molecular weight excluding hydrogens is 404 g/mol. The fourth-order valence-electron chi connectivity index (χ4n) is 3.54. The summed E-state index contributed by atoms with van der Waals surface area (Å²) in [7, 11) is -3.27. The Morgan fingerprint density at radius 1 is 1.13 bits per heavy atom. The first-order valence-electron chi connectivity index (χ1n) is 9.56. The molecule has 1 saturated heterocycles. The lowest BCUT2D eigenvalue weighted by atomic mass is 10.1. The highest BCUT2D eigenvalue weighted by atomic mass is 32.2. The number of sulfone groups is 1. The Bertz CT molecular complexity index is 1190. The fraction of sp³-hybridized carbons (Fsp3) is 0.300. The first-order chi connectivity index (χ1) is 14.3. The molecule has 0 unspecified atom stereocenters. The van der Waals surface area contributed by atoms with E-state index < -0.39 is 9.84 Å². The zero-order valence-electron chi connectivity index (χ0n) is 16.7. The summed E-state index contributed by atoms with van der Waals surface area (Å²) in [5, 5.41) is 15.2. The van der Waals surface area contributed by atoms with Gasteiger partial charge in [-0.05, 0) is 65.7 Å². The first-order valence-corrected chi connectivity index (χ1v) is 11.5. The summed E-state index contributed by atoms with van der Waals surface area (Å²) in [6.45, 7) is 3.08. The molecule has 0 atom stereocenters. The lowest BCUT2D eigenvalue weighted by Crippen LogP contribution is -2.24. The first kappa shape index (κ1) is 20.0. The van der Waals surface area contributed by atoms with Crippen molar-refractivity contribution < 1.29 is 13.2 Å². The Labute approximate surface area is 174 Å². The van der Waals surface area contributed by atoms with E-state index in [9.17, 15) is 13.2 Å². The fourth-order valence-corrected chi connectivity index (χ4v) is 4.17. The van der Waals surface area contributed by atoms with Crippen LogP contribution in [0.5, 0.6) is 0 Å². The number of nitrogens with one attached hydrogen (secondary N) is 1. The summed E-state index contributed by atoms with van der Waals surface area (Å²) < 4.78 is 24.9. The SMILES string of the molecule is Cc1c(NCc2nnnn2-c2ccc(S(C)(=O)=O)cc2)cccc1N1CCCC1=O. The van der Waals surface area contributed by atoms with Crippen molar-refractivity contribution in [1.29, 1.82) is 0 Å². The second-order valence-electron chi connectivity index (χ2n) is 7.23. The number of rotatable bonds is 6. The number of aromatic nitrogens is 4. The van der Waals surface area contributed by atoms with E-state index in [4.69, 9.17) is 0 Å². The van der Waals surface area contributed by atoms with Gasteiger partial charge < -0.3 is 10.2 Å². The third-order valence-electron chi connectivity index (χ3n) is 5.15. The molecule has 1 fully saturated rings. The number of tetrazole rings is 1. The van der Waals surface area contributed by atoms with Crippen molar-refractivity contribution in [1.82, 2.24) is 20.2 Å². The van der Waals surface area contributed by atoms with Gasteiger partial charge in [-0.3, -0.25) is 4.79 Å². The summed E-state index contributed by atoms with van der Waals surface area (Å²) >= 11 is 0. The van der Waals surface area contributed by atoms with Crippen molar-refractivity contribution in [2.45, 2.75) is 31.2 Å². The number of anilines is 2. The molecule has 0 bridgehead atoms. The lowest BCUT2D eigenvalue weighted by Gasteiger charge is -2.20. The molecule has 1 aromatic heterocycles. The van der Waals surface area contributed by atoms with Gasteiger partial charge in [-0.1, -0.05) is 6.07 Å². The summed E-state index contributed by atoms with van der Waals surface area (Å²) in [5.74, 6) is 0.723. The van der Waals surface area contributed by atoms with Crippen molar-refractivity contribution in [3.05, 3.63) is 53.9 Å². The molecule has 0 aliphatic carbocycles. The van der Waals surface area contributed by atoms with Gasteiger partial charge in [0.2, 0.25) is 5.91 Å². The van der Waals surface area contributed by atoms with Crippen LogP contribution in [0, 0.1) is 6.92 Å². The molecule has 4 rings (SSSR count). The second kappa shape index (κ2) is 7.86. The van der Waals surface area contributed by atoms with Gasteiger partial charge in [-0.25, -0.2) is 8.42 Å². The van der Waals surface area contributed by atoms with Crippen molar-refractivity contribution in [2.24, 2.45) is 0 Å². The number of amides is 1. The van der Waals surface area contributed by atoms with Crippen molar-refractivity contribution >= 4 is 27.1 Å². The van der Waals surface area contributed by atoms with E-state index in [2.05, 4.69) is 20.8 Å². The Kier molecular flexibility index (Phi) is 5.25. The van der Waals surface area contributed by atoms with E-state index in [1.807, 2.05) is 30.0 Å². The summed E-state index contributed by atoms with van der Waals surface area (Å²) in [6.07, 6.45) is 2.63. The van der Waals surface area contributed by atoms with E-state index in [-0.39, 0.29) is 10.8 Å². The van der Waals surface area contributed by atoms with Crippen LogP contribution in [0.15, 0.2) is 47.4 Å². The average molecular weight is 427 g/mol. The largest absolute Gasteiger partial charge is 0.377 e. The number of carbonyl (C=O) groups is 1. The monoisotopic (exact) mass is 426 g/mol. The molecule has 1 amide bonds. The predicted molar refractivity (Wildman–Crippen MR) is 112 cm³/mol. The van der Waals surface area contributed by atoms with Crippen LogP contribution in [0.2, 0.25) is 0 Å². The molecule has 10 heteroatoms. The highest BCUT2D eigenvalue weighted by Crippen LogP contribution is 2.30. The van der Waals surface area contributed by atoms with Crippen LogP contribution in [-0.2, 0) is 21.2 Å². The van der Waals surface area contributed by atoms with Gasteiger partial charge in [0, 0.05) is 30.6 Å². The van der Waals surface area contributed by atoms with Gasteiger partial charge >= 0.3 is 0 Å². The van der Waals surface area contributed by atoms with E-state index in [0.29, 0.717) is 24.5 Å². The quantitative estimate of drug-likeness (QED) is 0.643. The predicted octanol–water partition coefficient (Wildman–Crippen LogP) is 2.11. The molecular formula is C20H22N6O3S. The minimum Gasteiger partial charge on any atom is -0.377 e. The van der Waals surface area contributed by atoms with Crippen molar-refractivity contribution in [2.75, 3.05) is 23.0 Å². The molecule has 0 saturated carbocycles. The maximum atomic E-state index is 12.1. The van der Waals surface area contributed by atoms with Crippen LogP contribution in [0.1, 0.15) is 24.2 Å². The molecule has 0 spiro atoms. The minimum absolute atomic E-state index is 0.150. The molecule has 30 heavy (non-hydrogen) atoms. The van der Waals surface area contributed by atoms with Gasteiger partial charge in [-0.2, -0.15) is 4.68 Å². The Hall–Kier alpha value is -3.27. The third-order valence-corrected chi connectivity index (χ3v) is 6.28. The molecule has 2 aromatic carbocycles. The van der Waals surface area contributed by atoms with Crippen LogP contribution in [0.3, 0.4) is 0 Å². The van der Waals surface area contributed by atoms with E-state index in [1.165, 1.54) is 18.4 Å². The standard InChI is InChI=1S/C20H22N6O3S/c1-14-17(5-3-6-18(14)25-12-4-7-20(25)27)21-13-19-22-23-24-26(19)15-8-10-16(11-9-15)30(2,28)29/h3,5-6,8-11,21H,4,7,12-13H2,1-2H3. The van der Waals surface area contributed by atoms with Crippen molar-refractivity contribution in [3.8, 4) is 5.69 Å². The Morgan fingerprint density at radius 3 is 2.57 bits per heavy atom.